The lowest BCUT2D eigenvalue weighted by molar-refractivity contribution is 0.0983. The van der Waals surface area contributed by atoms with E-state index in [1.54, 1.807) is 24.3 Å². The molecule has 3 rings (SSSR count). The number of nitrogens with zero attached hydrogens (tertiary/aromatic N) is 1. The molecule has 0 bridgehead atoms. The Hall–Kier alpha value is -1.90. The SMILES string of the molecule is CC(=C1C(=O)c2ccccc2C1=O)N1CCCC1. The number of hydrogen-bond acceptors (Lipinski definition) is 3. The molecule has 1 saturated heterocycles. The van der Waals surface area contributed by atoms with Crippen LogP contribution in [0.1, 0.15) is 40.5 Å². The zero-order chi connectivity index (χ0) is 12.7. The van der Waals surface area contributed by atoms with E-state index in [1.807, 2.05) is 6.92 Å². The van der Waals surface area contributed by atoms with Crippen molar-refractivity contribution in [2.75, 3.05) is 13.1 Å². The summed E-state index contributed by atoms with van der Waals surface area (Å²) in [6.07, 6.45) is 2.28. The summed E-state index contributed by atoms with van der Waals surface area (Å²) in [6.45, 7) is 3.79. The van der Waals surface area contributed by atoms with Gasteiger partial charge in [-0.3, -0.25) is 9.59 Å². The van der Waals surface area contributed by atoms with Crippen molar-refractivity contribution >= 4 is 11.6 Å². The quantitative estimate of drug-likeness (QED) is 0.560. The van der Waals surface area contributed by atoms with Crippen LogP contribution in [0.2, 0.25) is 0 Å². The highest BCUT2D eigenvalue weighted by atomic mass is 16.2. The van der Waals surface area contributed by atoms with Crippen LogP contribution in [-0.4, -0.2) is 29.6 Å². The Bertz CT molecular complexity index is 529. The highest BCUT2D eigenvalue weighted by Gasteiger charge is 2.35. The Morgan fingerprint density at radius 3 is 2.00 bits per heavy atom. The number of benzene rings is 1. The molecule has 0 radical (unpaired) electrons. The molecule has 1 aromatic rings. The van der Waals surface area contributed by atoms with Gasteiger partial charge in [0.2, 0.25) is 0 Å². The minimum absolute atomic E-state index is 0.111. The van der Waals surface area contributed by atoms with Crippen molar-refractivity contribution in [3.63, 3.8) is 0 Å². The molecule has 2 aliphatic rings. The maximum atomic E-state index is 12.3. The molecule has 18 heavy (non-hydrogen) atoms. The Balaban J connectivity index is 2.08. The molecule has 1 aromatic carbocycles. The van der Waals surface area contributed by atoms with Crippen molar-refractivity contribution in [3.05, 3.63) is 46.7 Å². The van der Waals surface area contributed by atoms with Crippen LogP contribution < -0.4 is 0 Å². The van der Waals surface area contributed by atoms with E-state index in [4.69, 9.17) is 0 Å². The van der Waals surface area contributed by atoms with Gasteiger partial charge in [-0.2, -0.15) is 0 Å². The molecule has 0 amide bonds. The average Bonchev–Trinajstić information content (AvgIpc) is 2.99. The number of likely N-dealkylation sites (tertiary alicyclic amines) is 1. The Kier molecular flexibility index (Phi) is 2.54. The molecule has 1 heterocycles. The molecule has 0 N–H and O–H groups in total. The van der Waals surface area contributed by atoms with Crippen LogP contribution in [0.25, 0.3) is 0 Å². The number of hydrogen-bond donors (Lipinski definition) is 0. The third-order valence-electron chi connectivity index (χ3n) is 3.81. The Morgan fingerprint density at radius 2 is 1.50 bits per heavy atom. The second-order valence-corrected chi connectivity index (χ2v) is 4.86. The first kappa shape index (κ1) is 11.2. The van der Waals surface area contributed by atoms with Gasteiger partial charge in [-0.15, -0.1) is 0 Å². The van der Waals surface area contributed by atoms with Crippen molar-refractivity contribution < 1.29 is 9.59 Å². The van der Waals surface area contributed by atoms with Gasteiger partial charge in [0, 0.05) is 29.9 Å². The predicted molar refractivity (Wildman–Crippen MR) is 68.6 cm³/mol. The minimum atomic E-state index is -0.111. The van der Waals surface area contributed by atoms with Crippen LogP contribution >= 0.6 is 0 Å². The predicted octanol–water partition coefficient (Wildman–Crippen LogP) is 2.44. The van der Waals surface area contributed by atoms with Crippen molar-refractivity contribution in [2.24, 2.45) is 0 Å². The number of carbonyl (C=O) groups is 2. The van der Waals surface area contributed by atoms with E-state index in [0.29, 0.717) is 16.7 Å². The molecule has 0 unspecified atom stereocenters. The monoisotopic (exact) mass is 241 g/mol. The fourth-order valence-corrected chi connectivity index (χ4v) is 2.79. The lowest BCUT2D eigenvalue weighted by atomic mass is 10.1. The van der Waals surface area contributed by atoms with Crippen LogP contribution in [0, 0.1) is 0 Å². The minimum Gasteiger partial charge on any atom is -0.374 e. The fraction of sp³-hybridized carbons (Fsp3) is 0.333. The number of rotatable bonds is 1. The van der Waals surface area contributed by atoms with E-state index in [9.17, 15) is 9.59 Å². The third-order valence-corrected chi connectivity index (χ3v) is 3.81. The van der Waals surface area contributed by atoms with Crippen molar-refractivity contribution in [1.82, 2.24) is 4.90 Å². The number of fused-ring (bicyclic) bond motifs is 1. The van der Waals surface area contributed by atoms with E-state index in [0.717, 1.165) is 31.6 Å². The summed E-state index contributed by atoms with van der Waals surface area (Å²) in [6, 6.07) is 7.08. The molecule has 3 nitrogen and oxygen atoms in total. The molecule has 3 heteroatoms. The van der Waals surface area contributed by atoms with Gasteiger partial charge in [-0.1, -0.05) is 24.3 Å². The smallest absolute Gasteiger partial charge is 0.199 e. The molecule has 1 aliphatic carbocycles. The largest absolute Gasteiger partial charge is 0.374 e. The summed E-state index contributed by atoms with van der Waals surface area (Å²) >= 11 is 0. The Labute approximate surface area is 106 Å². The molecular formula is C15H15NO2. The van der Waals surface area contributed by atoms with Gasteiger partial charge in [0.25, 0.3) is 0 Å². The fourth-order valence-electron chi connectivity index (χ4n) is 2.79. The van der Waals surface area contributed by atoms with Crippen LogP contribution in [0.5, 0.6) is 0 Å². The Morgan fingerprint density at radius 1 is 1.00 bits per heavy atom. The molecule has 1 fully saturated rings. The zero-order valence-electron chi connectivity index (χ0n) is 10.4. The average molecular weight is 241 g/mol. The van der Waals surface area contributed by atoms with Gasteiger partial charge in [0.05, 0.1) is 5.57 Å². The summed E-state index contributed by atoms with van der Waals surface area (Å²) in [7, 11) is 0. The van der Waals surface area contributed by atoms with E-state index < -0.39 is 0 Å². The number of allylic oxidation sites excluding steroid dienone is 2. The van der Waals surface area contributed by atoms with Crippen LogP contribution in [-0.2, 0) is 0 Å². The first-order valence-corrected chi connectivity index (χ1v) is 6.34. The van der Waals surface area contributed by atoms with E-state index in [2.05, 4.69) is 4.90 Å². The molecule has 0 atom stereocenters. The first-order chi connectivity index (χ1) is 8.70. The first-order valence-electron chi connectivity index (χ1n) is 6.34. The maximum Gasteiger partial charge on any atom is 0.199 e. The van der Waals surface area contributed by atoms with E-state index in [-0.39, 0.29) is 11.6 Å². The van der Waals surface area contributed by atoms with Gasteiger partial charge in [0.1, 0.15) is 0 Å². The maximum absolute atomic E-state index is 12.3. The second kappa shape index (κ2) is 4.09. The lowest BCUT2D eigenvalue weighted by Gasteiger charge is -2.19. The molecule has 0 aromatic heterocycles. The van der Waals surface area contributed by atoms with Gasteiger partial charge in [0.15, 0.2) is 11.6 Å². The van der Waals surface area contributed by atoms with E-state index in [1.165, 1.54) is 0 Å². The molecular weight excluding hydrogens is 226 g/mol. The van der Waals surface area contributed by atoms with Gasteiger partial charge in [-0.05, 0) is 19.8 Å². The van der Waals surface area contributed by atoms with Crippen LogP contribution in [0.3, 0.4) is 0 Å². The second-order valence-electron chi connectivity index (χ2n) is 4.86. The summed E-state index contributed by atoms with van der Waals surface area (Å²) < 4.78 is 0. The summed E-state index contributed by atoms with van der Waals surface area (Å²) in [5, 5.41) is 0. The van der Waals surface area contributed by atoms with E-state index >= 15 is 0 Å². The van der Waals surface area contributed by atoms with Crippen molar-refractivity contribution in [1.29, 1.82) is 0 Å². The highest BCUT2D eigenvalue weighted by Crippen LogP contribution is 2.30. The molecule has 0 spiro atoms. The lowest BCUT2D eigenvalue weighted by Crippen LogP contribution is -2.21. The third kappa shape index (κ3) is 1.50. The van der Waals surface area contributed by atoms with Crippen LogP contribution in [0.15, 0.2) is 35.5 Å². The molecule has 1 aliphatic heterocycles. The highest BCUT2D eigenvalue weighted by molar-refractivity contribution is 6.39. The number of ketones is 2. The van der Waals surface area contributed by atoms with Crippen molar-refractivity contribution in [2.45, 2.75) is 19.8 Å². The van der Waals surface area contributed by atoms with Gasteiger partial charge >= 0.3 is 0 Å². The molecule has 92 valence electrons. The van der Waals surface area contributed by atoms with Crippen LogP contribution in [0.4, 0.5) is 0 Å². The number of carbonyl (C=O) groups excluding carboxylic acids is 2. The van der Waals surface area contributed by atoms with Gasteiger partial charge < -0.3 is 4.90 Å². The standard InChI is InChI=1S/C15H15NO2/c1-10(16-8-4-5-9-16)13-14(17)11-6-2-3-7-12(11)15(13)18/h2-3,6-7H,4-5,8-9H2,1H3. The summed E-state index contributed by atoms with van der Waals surface area (Å²) in [5.74, 6) is -0.222. The molecule has 0 saturated carbocycles. The summed E-state index contributed by atoms with van der Waals surface area (Å²) in [4.78, 5) is 26.7. The number of Topliss-reactive ketones (excluding diaryl/α,β-unsaturated/α-hetero) is 2. The normalized spacial score (nSPS) is 18.5. The topological polar surface area (TPSA) is 37.4 Å². The zero-order valence-corrected chi connectivity index (χ0v) is 10.4. The van der Waals surface area contributed by atoms with Crippen molar-refractivity contribution in [3.8, 4) is 0 Å². The summed E-state index contributed by atoms with van der Waals surface area (Å²) in [5.41, 5.74) is 2.32. The van der Waals surface area contributed by atoms with Gasteiger partial charge in [-0.25, -0.2) is 0 Å².